The van der Waals surface area contributed by atoms with Crippen LogP contribution in [0.1, 0.15) is 21.5 Å². The first-order valence-corrected chi connectivity index (χ1v) is 4.69. The zero-order chi connectivity index (χ0) is 13.8. The lowest BCUT2D eigenvalue weighted by Gasteiger charge is -2.10. The number of halogens is 3. The average molecular weight is 259 g/mol. The van der Waals surface area contributed by atoms with E-state index >= 15 is 0 Å². The molecule has 8 heteroatoms. The summed E-state index contributed by atoms with van der Waals surface area (Å²) in [6.07, 6.45) is -4.59. The van der Waals surface area contributed by atoms with Crippen molar-refractivity contribution < 1.29 is 22.7 Å². The first-order valence-electron chi connectivity index (χ1n) is 4.69. The maximum Gasteiger partial charge on any atom is 0.416 e. The highest BCUT2D eigenvalue weighted by atomic mass is 19.4. The minimum atomic E-state index is -4.59. The van der Waals surface area contributed by atoms with Gasteiger partial charge in [0.15, 0.2) is 0 Å². The summed E-state index contributed by atoms with van der Waals surface area (Å²) >= 11 is 0. The number of alkyl halides is 3. The summed E-state index contributed by atoms with van der Waals surface area (Å²) < 4.78 is 42.1. The van der Waals surface area contributed by atoms with Crippen LogP contribution in [0.3, 0.4) is 0 Å². The molecule has 0 saturated heterocycles. The fraction of sp³-hybridized carbons (Fsp3) is 0.300. The lowest BCUT2D eigenvalue weighted by atomic mass is 10.1. The molecule has 0 saturated carbocycles. The standard InChI is InChI=1S/C10H8F3N3O2/c1-18-9(17)7-2-6(5-15-16-14)3-8(4-7)10(11,12)13/h2-4H,5H2,1H3. The lowest BCUT2D eigenvalue weighted by molar-refractivity contribution is -0.137. The van der Waals surface area contributed by atoms with E-state index in [9.17, 15) is 18.0 Å². The Labute approximate surface area is 99.8 Å². The Kier molecular flexibility index (Phi) is 4.17. The molecule has 0 unspecified atom stereocenters. The molecule has 1 aromatic rings. The van der Waals surface area contributed by atoms with Crippen LogP contribution in [0.15, 0.2) is 23.3 Å². The van der Waals surface area contributed by atoms with Crippen LogP contribution < -0.4 is 0 Å². The molecule has 1 rings (SSSR count). The Morgan fingerprint density at radius 2 is 2.11 bits per heavy atom. The minimum Gasteiger partial charge on any atom is -0.465 e. The topological polar surface area (TPSA) is 75.1 Å². The number of carbonyl (C=O) groups is 1. The van der Waals surface area contributed by atoms with Gasteiger partial charge in [-0.2, -0.15) is 13.2 Å². The Morgan fingerprint density at radius 3 is 2.61 bits per heavy atom. The number of hydrogen-bond acceptors (Lipinski definition) is 3. The summed E-state index contributed by atoms with van der Waals surface area (Å²) in [5.41, 5.74) is 6.98. The Hall–Kier alpha value is -2.21. The predicted octanol–water partition coefficient (Wildman–Crippen LogP) is 3.30. The number of esters is 1. The van der Waals surface area contributed by atoms with E-state index in [0.717, 1.165) is 13.2 Å². The second-order valence-corrected chi connectivity index (χ2v) is 3.30. The van der Waals surface area contributed by atoms with Crippen molar-refractivity contribution >= 4 is 5.97 Å². The van der Waals surface area contributed by atoms with Gasteiger partial charge in [0.05, 0.1) is 24.8 Å². The van der Waals surface area contributed by atoms with Crippen molar-refractivity contribution in [3.63, 3.8) is 0 Å². The third-order valence-electron chi connectivity index (χ3n) is 2.06. The molecule has 0 aliphatic rings. The number of methoxy groups -OCH3 is 1. The predicted molar refractivity (Wildman–Crippen MR) is 55.6 cm³/mol. The normalized spacial score (nSPS) is 10.7. The highest BCUT2D eigenvalue weighted by Gasteiger charge is 2.31. The van der Waals surface area contributed by atoms with E-state index in [1.807, 2.05) is 0 Å². The molecular weight excluding hydrogens is 251 g/mol. The number of benzene rings is 1. The maximum absolute atomic E-state index is 12.6. The largest absolute Gasteiger partial charge is 0.465 e. The third-order valence-corrected chi connectivity index (χ3v) is 2.06. The molecule has 0 N–H and O–H groups in total. The van der Waals surface area contributed by atoms with Crippen LogP contribution >= 0.6 is 0 Å². The van der Waals surface area contributed by atoms with Gasteiger partial charge in [-0.25, -0.2) is 4.79 Å². The van der Waals surface area contributed by atoms with Gasteiger partial charge in [0.1, 0.15) is 0 Å². The zero-order valence-electron chi connectivity index (χ0n) is 9.23. The molecule has 0 fully saturated rings. The minimum absolute atomic E-state index is 0.0861. The fourth-order valence-electron chi connectivity index (χ4n) is 1.30. The van der Waals surface area contributed by atoms with Crippen LogP contribution in [0.2, 0.25) is 0 Å². The summed E-state index contributed by atoms with van der Waals surface area (Å²) in [5, 5.41) is 3.15. The lowest BCUT2D eigenvalue weighted by Crippen LogP contribution is -2.09. The quantitative estimate of drug-likeness (QED) is 0.361. The molecule has 18 heavy (non-hydrogen) atoms. The Morgan fingerprint density at radius 1 is 1.44 bits per heavy atom. The third kappa shape index (κ3) is 3.39. The van der Waals surface area contributed by atoms with Crippen molar-refractivity contribution in [3.8, 4) is 0 Å². The smallest absolute Gasteiger partial charge is 0.416 e. The van der Waals surface area contributed by atoms with Crippen LogP contribution in [-0.4, -0.2) is 13.1 Å². The van der Waals surface area contributed by atoms with E-state index in [1.165, 1.54) is 6.07 Å². The summed E-state index contributed by atoms with van der Waals surface area (Å²) in [7, 11) is 1.07. The molecule has 0 atom stereocenters. The molecule has 0 aliphatic heterocycles. The summed E-state index contributed by atoms with van der Waals surface area (Å²) in [4.78, 5) is 13.7. The molecule has 0 bridgehead atoms. The van der Waals surface area contributed by atoms with Crippen molar-refractivity contribution in [1.82, 2.24) is 0 Å². The van der Waals surface area contributed by atoms with Gasteiger partial charge < -0.3 is 4.74 Å². The second kappa shape index (κ2) is 5.42. The van der Waals surface area contributed by atoms with Crippen LogP contribution in [0.5, 0.6) is 0 Å². The molecule has 0 aromatic heterocycles. The summed E-state index contributed by atoms with van der Waals surface area (Å²) in [5.74, 6) is -0.886. The molecule has 5 nitrogen and oxygen atoms in total. The fourth-order valence-corrected chi connectivity index (χ4v) is 1.30. The molecule has 0 spiro atoms. The molecule has 0 amide bonds. The monoisotopic (exact) mass is 259 g/mol. The van der Waals surface area contributed by atoms with Crippen molar-refractivity contribution in [2.24, 2.45) is 5.11 Å². The first-order chi connectivity index (χ1) is 8.38. The van der Waals surface area contributed by atoms with Crippen LogP contribution in [0.25, 0.3) is 10.4 Å². The van der Waals surface area contributed by atoms with E-state index in [4.69, 9.17) is 5.53 Å². The van der Waals surface area contributed by atoms with Crippen molar-refractivity contribution in [2.45, 2.75) is 12.7 Å². The van der Waals surface area contributed by atoms with E-state index in [1.54, 1.807) is 0 Å². The van der Waals surface area contributed by atoms with Gasteiger partial charge in [-0.05, 0) is 29.3 Å². The van der Waals surface area contributed by atoms with Gasteiger partial charge in [-0.1, -0.05) is 5.11 Å². The SMILES string of the molecule is COC(=O)c1cc(CN=[N+]=[N-])cc(C(F)(F)F)c1. The van der Waals surface area contributed by atoms with Gasteiger partial charge in [-0.3, -0.25) is 0 Å². The van der Waals surface area contributed by atoms with Gasteiger partial charge in [0.2, 0.25) is 0 Å². The first kappa shape index (κ1) is 13.9. The maximum atomic E-state index is 12.6. The Bertz CT molecular complexity index is 508. The number of carbonyl (C=O) groups excluding carboxylic acids is 1. The van der Waals surface area contributed by atoms with E-state index < -0.39 is 17.7 Å². The van der Waals surface area contributed by atoms with Crippen molar-refractivity contribution in [1.29, 1.82) is 0 Å². The van der Waals surface area contributed by atoms with Crippen molar-refractivity contribution in [3.05, 3.63) is 45.3 Å². The van der Waals surface area contributed by atoms with Gasteiger partial charge >= 0.3 is 12.1 Å². The molecular formula is C10H8F3N3O2. The second-order valence-electron chi connectivity index (χ2n) is 3.30. The average Bonchev–Trinajstić information content (AvgIpc) is 2.33. The summed E-state index contributed by atoms with van der Waals surface area (Å²) in [6, 6.07) is 2.70. The van der Waals surface area contributed by atoms with E-state index in [2.05, 4.69) is 14.8 Å². The molecule has 0 radical (unpaired) electrons. The number of hydrogen-bond donors (Lipinski definition) is 0. The number of ether oxygens (including phenoxy) is 1. The highest BCUT2D eigenvalue weighted by molar-refractivity contribution is 5.89. The van der Waals surface area contributed by atoms with Gasteiger partial charge in [-0.15, -0.1) is 0 Å². The molecule has 0 aliphatic carbocycles. The number of rotatable bonds is 3. The Balaban J connectivity index is 3.28. The molecule has 96 valence electrons. The zero-order valence-corrected chi connectivity index (χ0v) is 9.23. The van der Waals surface area contributed by atoms with E-state index in [-0.39, 0.29) is 17.7 Å². The highest BCUT2D eigenvalue weighted by Crippen LogP contribution is 2.31. The van der Waals surface area contributed by atoms with Crippen LogP contribution in [0, 0.1) is 0 Å². The van der Waals surface area contributed by atoms with E-state index in [0.29, 0.717) is 6.07 Å². The molecule has 1 aromatic carbocycles. The van der Waals surface area contributed by atoms with Crippen LogP contribution in [0.4, 0.5) is 13.2 Å². The molecule has 0 heterocycles. The van der Waals surface area contributed by atoms with Crippen LogP contribution in [-0.2, 0) is 17.5 Å². The van der Waals surface area contributed by atoms with Gasteiger partial charge in [0, 0.05) is 4.91 Å². The number of nitrogens with zero attached hydrogens (tertiary/aromatic N) is 3. The van der Waals surface area contributed by atoms with Gasteiger partial charge in [0.25, 0.3) is 0 Å². The van der Waals surface area contributed by atoms with Crippen molar-refractivity contribution in [2.75, 3.05) is 7.11 Å². The summed E-state index contributed by atoms with van der Waals surface area (Å²) in [6.45, 7) is -0.273. The number of azide groups is 1.